The highest BCUT2D eigenvalue weighted by molar-refractivity contribution is 6.31. The molecule has 58 valence electrons. The Labute approximate surface area is 68.3 Å². The van der Waals surface area contributed by atoms with Gasteiger partial charge in [0, 0.05) is 16.9 Å². The summed E-state index contributed by atoms with van der Waals surface area (Å²) in [6.45, 7) is 0. The van der Waals surface area contributed by atoms with Crippen LogP contribution in [-0.4, -0.2) is 6.21 Å². The van der Waals surface area contributed by atoms with Gasteiger partial charge in [0.05, 0.1) is 5.56 Å². The predicted octanol–water partition coefficient (Wildman–Crippen LogP) is 2.06. The van der Waals surface area contributed by atoms with Gasteiger partial charge in [-0.2, -0.15) is 0 Å². The lowest BCUT2D eigenvalue weighted by Gasteiger charge is -2.00. The quantitative estimate of drug-likeness (QED) is 0.495. The Hall–Kier alpha value is -1.09. The number of anilines is 1. The molecule has 0 heterocycles. The first kappa shape index (κ1) is 8.01. The van der Waals surface area contributed by atoms with E-state index in [1.807, 2.05) is 0 Å². The maximum atomic E-state index is 12.8. The molecule has 0 amide bonds. The van der Waals surface area contributed by atoms with Gasteiger partial charge in [0.25, 0.3) is 0 Å². The normalized spacial score (nSPS) is 9.64. The van der Waals surface area contributed by atoms with E-state index in [9.17, 15) is 4.39 Å². The second-order valence-electron chi connectivity index (χ2n) is 2.03. The average molecular weight is 173 g/mol. The molecular formula is C7H6ClFN2. The molecule has 0 fully saturated rings. The maximum absolute atomic E-state index is 12.8. The van der Waals surface area contributed by atoms with Crippen LogP contribution in [0.2, 0.25) is 5.02 Å². The monoisotopic (exact) mass is 172 g/mol. The molecule has 11 heavy (non-hydrogen) atoms. The number of hydrogen-bond donors (Lipinski definition) is 2. The Morgan fingerprint density at radius 3 is 2.64 bits per heavy atom. The van der Waals surface area contributed by atoms with Crippen LogP contribution in [0.4, 0.5) is 10.1 Å². The molecule has 3 N–H and O–H groups in total. The van der Waals surface area contributed by atoms with Gasteiger partial charge in [0.2, 0.25) is 0 Å². The summed E-state index contributed by atoms with van der Waals surface area (Å²) in [5, 5.41) is 7.05. The smallest absolute Gasteiger partial charge is 0.135 e. The van der Waals surface area contributed by atoms with Gasteiger partial charge >= 0.3 is 0 Å². The first-order valence-electron chi connectivity index (χ1n) is 2.90. The van der Waals surface area contributed by atoms with Gasteiger partial charge in [-0.15, -0.1) is 0 Å². The van der Waals surface area contributed by atoms with Crippen molar-refractivity contribution >= 4 is 23.5 Å². The molecule has 0 aromatic heterocycles. The van der Waals surface area contributed by atoms with Crippen LogP contribution in [0.1, 0.15) is 5.56 Å². The highest BCUT2D eigenvalue weighted by Crippen LogP contribution is 2.19. The zero-order valence-corrected chi connectivity index (χ0v) is 6.32. The molecule has 0 saturated heterocycles. The molecule has 0 unspecified atom stereocenters. The Morgan fingerprint density at radius 1 is 1.55 bits per heavy atom. The fraction of sp³-hybridized carbons (Fsp3) is 0. The number of nitrogens with one attached hydrogen (secondary N) is 1. The number of halogens is 2. The van der Waals surface area contributed by atoms with Crippen LogP contribution < -0.4 is 5.73 Å². The molecule has 0 aliphatic heterocycles. The Kier molecular flexibility index (Phi) is 2.10. The topological polar surface area (TPSA) is 49.9 Å². The van der Waals surface area contributed by atoms with Crippen LogP contribution in [0.15, 0.2) is 12.1 Å². The summed E-state index contributed by atoms with van der Waals surface area (Å²) in [5.41, 5.74) is 5.62. The second-order valence-corrected chi connectivity index (χ2v) is 2.47. The average Bonchev–Trinajstić information content (AvgIpc) is 1.85. The van der Waals surface area contributed by atoms with E-state index in [0.29, 0.717) is 0 Å². The summed E-state index contributed by atoms with van der Waals surface area (Å²) < 4.78 is 12.8. The highest BCUT2D eigenvalue weighted by Gasteiger charge is 2.04. The van der Waals surface area contributed by atoms with E-state index in [1.54, 1.807) is 0 Å². The standard InChI is InChI=1S/C7H6ClFN2/c8-4-1-6(9)5(3-10)7(11)2-4/h1-3,10H,11H2. The predicted molar refractivity (Wildman–Crippen MR) is 43.7 cm³/mol. The molecular weight excluding hydrogens is 167 g/mol. The maximum Gasteiger partial charge on any atom is 0.135 e. The van der Waals surface area contributed by atoms with Crippen molar-refractivity contribution in [2.75, 3.05) is 5.73 Å². The minimum atomic E-state index is -0.565. The molecule has 0 aliphatic rings. The molecule has 0 atom stereocenters. The number of nitrogens with two attached hydrogens (primary N) is 1. The summed E-state index contributed by atoms with van der Waals surface area (Å²) in [6.07, 6.45) is 0.862. The van der Waals surface area contributed by atoms with Crippen LogP contribution in [0.3, 0.4) is 0 Å². The van der Waals surface area contributed by atoms with Crippen molar-refractivity contribution in [3.63, 3.8) is 0 Å². The Morgan fingerprint density at radius 2 is 2.18 bits per heavy atom. The molecule has 1 aromatic rings. The van der Waals surface area contributed by atoms with Crippen molar-refractivity contribution in [3.8, 4) is 0 Å². The molecule has 0 bridgehead atoms. The van der Waals surface area contributed by atoms with Gasteiger partial charge in [0.15, 0.2) is 0 Å². The Bertz CT molecular complexity index is 275. The van der Waals surface area contributed by atoms with E-state index in [-0.39, 0.29) is 16.3 Å². The van der Waals surface area contributed by atoms with Crippen LogP contribution in [0, 0.1) is 11.2 Å². The molecule has 0 saturated carbocycles. The molecule has 4 heteroatoms. The van der Waals surface area contributed by atoms with Crippen LogP contribution in [0.5, 0.6) is 0 Å². The summed E-state index contributed by atoms with van der Waals surface area (Å²) >= 11 is 5.48. The number of hydrogen-bond acceptors (Lipinski definition) is 2. The lowest BCUT2D eigenvalue weighted by atomic mass is 10.2. The summed E-state index contributed by atoms with van der Waals surface area (Å²) in [7, 11) is 0. The minimum absolute atomic E-state index is 0.0781. The largest absolute Gasteiger partial charge is 0.398 e. The third kappa shape index (κ3) is 1.49. The second kappa shape index (κ2) is 2.88. The number of rotatable bonds is 1. The van der Waals surface area contributed by atoms with Gasteiger partial charge < -0.3 is 11.1 Å². The molecule has 1 rings (SSSR count). The van der Waals surface area contributed by atoms with Crippen molar-refractivity contribution in [2.24, 2.45) is 0 Å². The zero-order valence-electron chi connectivity index (χ0n) is 5.57. The van der Waals surface area contributed by atoms with E-state index in [2.05, 4.69) is 0 Å². The lowest BCUT2D eigenvalue weighted by Crippen LogP contribution is -1.96. The van der Waals surface area contributed by atoms with Crippen LogP contribution >= 0.6 is 11.6 Å². The van der Waals surface area contributed by atoms with Gasteiger partial charge in [-0.1, -0.05) is 11.6 Å². The molecule has 1 aromatic carbocycles. The van der Waals surface area contributed by atoms with Gasteiger partial charge in [0.1, 0.15) is 5.82 Å². The van der Waals surface area contributed by atoms with Crippen LogP contribution in [-0.2, 0) is 0 Å². The van der Waals surface area contributed by atoms with Crippen molar-refractivity contribution < 1.29 is 4.39 Å². The van der Waals surface area contributed by atoms with Crippen molar-refractivity contribution in [2.45, 2.75) is 0 Å². The summed E-state index contributed by atoms with van der Waals surface area (Å²) in [4.78, 5) is 0. The number of benzene rings is 1. The molecule has 0 radical (unpaired) electrons. The summed E-state index contributed by atoms with van der Waals surface area (Å²) in [5.74, 6) is -0.565. The van der Waals surface area contributed by atoms with E-state index in [4.69, 9.17) is 22.7 Å². The van der Waals surface area contributed by atoms with Gasteiger partial charge in [-0.25, -0.2) is 4.39 Å². The fourth-order valence-electron chi connectivity index (χ4n) is 0.757. The molecule has 0 aliphatic carbocycles. The minimum Gasteiger partial charge on any atom is -0.398 e. The first-order chi connectivity index (χ1) is 5.15. The number of nitrogen functional groups attached to an aromatic ring is 1. The first-order valence-corrected chi connectivity index (χ1v) is 3.28. The van der Waals surface area contributed by atoms with Gasteiger partial charge in [-0.3, -0.25) is 0 Å². The van der Waals surface area contributed by atoms with E-state index >= 15 is 0 Å². The van der Waals surface area contributed by atoms with Crippen molar-refractivity contribution in [3.05, 3.63) is 28.5 Å². The van der Waals surface area contributed by atoms with Gasteiger partial charge in [-0.05, 0) is 12.1 Å². The Balaban J connectivity index is 3.36. The highest BCUT2D eigenvalue weighted by atomic mass is 35.5. The fourth-order valence-corrected chi connectivity index (χ4v) is 0.970. The van der Waals surface area contributed by atoms with Crippen LogP contribution in [0.25, 0.3) is 0 Å². The third-order valence-electron chi connectivity index (χ3n) is 1.27. The van der Waals surface area contributed by atoms with E-state index in [0.717, 1.165) is 12.3 Å². The lowest BCUT2D eigenvalue weighted by molar-refractivity contribution is 0.626. The van der Waals surface area contributed by atoms with E-state index in [1.165, 1.54) is 6.07 Å². The van der Waals surface area contributed by atoms with Crippen molar-refractivity contribution in [1.29, 1.82) is 5.41 Å². The zero-order chi connectivity index (χ0) is 8.43. The molecule has 2 nitrogen and oxygen atoms in total. The third-order valence-corrected chi connectivity index (χ3v) is 1.49. The molecule has 0 spiro atoms. The van der Waals surface area contributed by atoms with Crippen molar-refractivity contribution in [1.82, 2.24) is 0 Å². The van der Waals surface area contributed by atoms with E-state index < -0.39 is 5.82 Å². The summed E-state index contributed by atoms with van der Waals surface area (Å²) in [6, 6.07) is 2.53. The SMILES string of the molecule is N=Cc1c(N)cc(Cl)cc1F.